The predicted molar refractivity (Wildman–Crippen MR) is 186 cm³/mol. The molecule has 1 saturated heterocycles. The molecule has 0 atom stereocenters. The molecule has 0 bridgehead atoms. The molecule has 5 nitrogen and oxygen atoms in total. The van der Waals surface area contributed by atoms with Crippen LogP contribution in [0.4, 0.5) is 0 Å². The molecule has 1 heterocycles. The van der Waals surface area contributed by atoms with E-state index in [0.29, 0.717) is 5.92 Å². The molecule has 43 heavy (non-hydrogen) atoms. The second kappa shape index (κ2) is 19.2. The second-order valence-electron chi connectivity index (χ2n) is 12.1. The van der Waals surface area contributed by atoms with Gasteiger partial charge in [-0.1, -0.05) is 87.9 Å². The van der Waals surface area contributed by atoms with Gasteiger partial charge in [0.1, 0.15) is 5.82 Å². The number of Topliss-reactive ketones (excluding diaryl/α,β-unsaturated/α-hetero) is 1. The number of ketones is 1. The molecule has 0 spiro atoms. The molecule has 0 radical (unpaired) electrons. The van der Waals surface area contributed by atoms with E-state index in [9.17, 15) is 4.79 Å². The molecule has 1 aliphatic rings. The Hall–Kier alpha value is -3.18. The minimum absolute atomic E-state index is 0.0672. The zero-order valence-corrected chi connectivity index (χ0v) is 28.5. The molecular weight excluding hydrogens is 528 g/mol. The molecule has 2 aromatic carbocycles. The molecule has 1 N–H and O–H groups in total. The van der Waals surface area contributed by atoms with Gasteiger partial charge in [-0.15, -0.1) is 0 Å². The minimum atomic E-state index is 0.0672. The summed E-state index contributed by atoms with van der Waals surface area (Å²) in [7, 11) is 2.00. The topological polar surface area (TPSA) is 47.9 Å². The molecule has 0 aromatic heterocycles. The van der Waals surface area contributed by atoms with E-state index in [2.05, 4.69) is 102 Å². The molecule has 3 rings (SSSR count). The van der Waals surface area contributed by atoms with Crippen molar-refractivity contribution < 1.29 is 4.79 Å². The number of amidine groups is 1. The van der Waals surface area contributed by atoms with Gasteiger partial charge in [-0.25, -0.2) is 0 Å². The lowest BCUT2D eigenvalue weighted by Crippen LogP contribution is -2.34. The summed E-state index contributed by atoms with van der Waals surface area (Å²) in [6.07, 6.45) is 6.51. The summed E-state index contributed by atoms with van der Waals surface area (Å²) in [5, 5.41) is 3.30. The van der Waals surface area contributed by atoms with Gasteiger partial charge < -0.3 is 10.2 Å². The monoisotopic (exact) mass is 586 g/mol. The van der Waals surface area contributed by atoms with Crippen LogP contribution < -0.4 is 5.32 Å². The molecule has 1 aliphatic heterocycles. The predicted octanol–water partition coefficient (Wildman–Crippen LogP) is 8.70. The van der Waals surface area contributed by atoms with Crippen LogP contribution in [0.3, 0.4) is 0 Å². The molecule has 0 amide bonds. The second-order valence-corrected chi connectivity index (χ2v) is 12.1. The van der Waals surface area contributed by atoms with Crippen LogP contribution in [0.1, 0.15) is 110 Å². The van der Waals surface area contributed by atoms with Gasteiger partial charge in [-0.05, 0) is 101 Å². The van der Waals surface area contributed by atoms with E-state index in [-0.39, 0.29) is 5.78 Å². The molecule has 0 saturated carbocycles. The summed E-state index contributed by atoms with van der Waals surface area (Å²) in [4.78, 5) is 21.1. The van der Waals surface area contributed by atoms with Crippen LogP contribution in [-0.4, -0.2) is 54.6 Å². The van der Waals surface area contributed by atoms with E-state index in [0.717, 1.165) is 55.6 Å². The van der Waals surface area contributed by atoms with E-state index in [1.165, 1.54) is 42.6 Å². The molecule has 0 aliphatic carbocycles. The first-order chi connectivity index (χ1) is 20.6. The average Bonchev–Trinajstić information content (AvgIpc) is 3.00. The SMILES string of the molecule is CC(C)c1cccc(C2CCN(Cc3ccccc3)CC2)c1.CCCN(C)/C(NC(C)=NCC)=C(/C=C(/C)CC)C(C)=O. The van der Waals surface area contributed by atoms with Crippen molar-refractivity contribution in [1.29, 1.82) is 0 Å². The van der Waals surface area contributed by atoms with Gasteiger partial charge in [0.05, 0.1) is 11.4 Å². The summed E-state index contributed by atoms with van der Waals surface area (Å²) in [6, 6.07) is 20.1. The van der Waals surface area contributed by atoms with Crippen molar-refractivity contribution >= 4 is 11.6 Å². The Morgan fingerprint density at radius 3 is 2.26 bits per heavy atom. The molecule has 1 fully saturated rings. The number of rotatable bonds is 12. The van der Waals surface area contributed by atoms with Gasteiger partial charge in [0.2, 0.25) is 0 Å². The number of benzene rings is 2. The first-order valence-electron chi connectivity index (χ1n) is 16.4. The maximum atomic E-state index is 12.1. The van der Waals surface area contributed by atoms with E-state index in [1.807, 2.05) is 33.9 Å². The third-order valence-corrected chi connectivity index (χ3v) is 8.10. The molecule has 5 heteroatoms. The molecular formula is C38H58N4O. The largest absolute Gasteiger partial charge is 0.361 e. The number of likely N-dealkylation sites (tertiary alicyclic amines) is 1. The van der Waals surface area contributed by atoms with Crippen molar-refractivity contribution in [3.63, 3.8) is 0 Å². The summed E-state index contributed by atoms with van der Waals surface area (Å²) in [6.45, 7) is 21.5. The number of carbonyl (C=O) groups is 1. The van der Waals surface area contributed by atoms with Crippen LogP contribution in [0.2, 0.25) is 0 Å². The van der Waals surface area contributed by atoms with Crippen molar-refractivity contribution in [3.05, 3.63) is 94.3 Å². The summed E-state index contributed by atoms with van der Waals surface area (Å²) in [5.74, 6) is 3.10. The van der Waals surface area contributed by atoms with Gasteiger partial charge in [-0.3, -0.25) is 14.7 Å². The van der Waals surface area contributed by atoms with Crippen LogP contribution >= 0.6 is 0 Å². The van der Waals surface area contributed by atoms with E-state index < -0.39 is 0 Å². The maximum absolute atomic E-state index is 12.1. The Balaban J connectivity index is 0.000000301. The van der Waals surface area contributed by atoms with Gasteiger partial charge in [-0.2, -0.15) is 0 Å². The summed E-state index contributed by atoms with van der Waals surface area (Å²) in [5.41, 5.74) is 6.36. The fourth-order valence-electron chi connectivity index (χ4n) is 5.39. The number of carbonyl (C=O) groups excluding carboxylic acids is 1. The lowest BCUT2D eigenvalue weighted by molar-refractivity contribution is -0.113. The first kappa shape index (κ1) is 36.0. The van der Waals surface area contributed by atoms with Crippen LogP contribution in [-0.2, 0) is 11.3 Å². The molecule has 2 aromatic rings. The van der Waals surface area contributed by atoms with Gasteiger partial charge in [0.15, 0.2) is 5.78 Å². The van der Waals surface area contributed by atoms with E-state index in [1.54, 1.807) is 12.5 Å². The molecule has 236 valence electrons. The third kappa shape index (κ3) is 12.5. The zero-order valence-electron chi connectivity index (χ0n) is 28.5. The normalized spacial score (nSPS) is 15.5. The van der Waals surface area contributed by atoms with Crippen molar-refractivity contribution in [2.75, 3.05) is 33.2 Å². The van der Waals surface area contributed by atoms with Gasteiger partial charge in [0.25, 0.3) is 0 Å². The van der Waals surface area contributed by atoms with Crippen molar-refractivity contribution in [3.8, 4) is 0 Å². The van der Waals surface area contributed by atoms with Crippen LogP contribution in [0.15, 0.2) is 82.6 Å². The highest BCUT2D eigenvalue weighted by Crippen LogP contribution is 2.30. The Labute approximate surface area is 263 Å². The quantitative estimate of drug-likeness (QED) is 0.117. The van der Waals surface area contributed by atoms with Crippen molar-refractivity contribution in [2.24, 2.45) is 4.99 Å². The number of hydrogen-bond acceptors (Lipinski definition) is 4. The summed E-state index contributed by atoms with van der Waals surface area (Å²) >= 11 is 0. The highest BCUT2D eigenvalue weighted by atomic mass is 16.1. The minimum Gasteiger partial charge on any atom is -0.361 e. The number of allylic oxidation sites excluding steroid dienone is 3. The van der Waals surface area contributed by atoms with Crippen molar-refractivity contribution in [1.82, 2.24) is 15.1 Å². The van der Waals surface area contributed by atoms with Gasteiger partial charge in [0, 0.05) is 26.7 Å². The van der Waals surface area contributed by atoms with Crippen molar-refractivity contribution in [2.45, 2.75) is 99.5 Å². The Morgan fingerprint density at radius 1 is 1.02 bits per heavy atom. The number of piperidine rings is 1. The lowest BCUT2D eigenvalue weighted by atomic mass is 9.87. The van der Waals surface area contributed by atoms with Crippen LogP contribution in [0, 0.1) is 0 Å². The Morgan fingerprint density at radius 2 is 1.70 bits per heavy atom. The smallest absolute Gasteiger partial charge is 0.163 e. The van der Waals surface area contributed by atoms with E-state index >= 15 is 0 Å². The van der Waals surface area contributed by atoms with E-state index in [4.69, 9.17) is 0 Å². The van der Waals surface area contributed by atoms with Crippen LogP contribution in [0.25, 0.3) is 0 Å². The standard InChI is InChI=1S/C21H27N.C17H31N3O/c1-17(2)20-9-6-10-21(15-20)19-11-13-22(14-12-19)16-18-7-4-3-5-8-18;1-8-11-20(7)17(19-15(6)18-10-3)16(14(5)21)12-13(4)9-2/h3-10,15,17,19H,11-14,16H2,1-2H3;12H,8-11H2,1-7H3,(H,18,19)/b;13-12-,17-16-. The first-order valence-corrected chi connectivity index (χ1v) is 16.4. The Bertz CT molecular complexity index is 1200. The highest BCUT2D eigenvalue weighted by molar-refractivity contribution is 5.97. The number of hydrogen-bond donors (Lipinski definition) is 1. The maximum Gasteiger partial charge on any atom is 0.163 e. The fraction of sp³-hybridized carbons (Fsp3) is 0.526. The lowest BCUT2D eigenvalue weighted by Gasteiger charge is -2.32. The zero-order chi connectivity index (χ0) is 31.8. The van der Waals surface area contributed by atoms with Gasteiger partial charge >= 0.3 is 0 Å². The number of aliphatic imine (C=N–C) groups is 1. The Kier molecular flexibility index (Phi) is 16.1. The highest BCUT2D eigenvalue weighted by Gasteiger charge is 2.21. The average molecular weight is 587 g/mol. The number of nitrogens with one attached hydrogen (secondary N) is 1. The van der Waals surface area contributed by atoms with Crippen LogP contribution in [0.5, 0.6) is 0 Å². The fourth-order valence-corrected chi connectivity index (χ4v) is 5.39. The number of nitrogens with zero attached hydrogens (tertiary/aromatic N) is 3. The summed E-state index contributed by atoms with van der Waals surface area (Å²) < 4.78 is 0. The molecule has 0 unspecified atom stereocenters. The third-order valence-electron chi connectivity index (χ3n) is 8.10.